The normalized spacial score (nSPS) is 11.0. The largest absolute Gasteiger partial charge is 0.478 e. The van der Waals surface area contributed by atoms with Gasteiger partial charge in [0.05, 0.1) is 16.8 Å². The van der Waals surface area contributed by atoms with Gasteiger partial charge in [0.25, 0.3) is 0 Å². The molecule has 0 aliphatic rings. The molecule has 2 heterocycles. The second kappa shape index (κ2) is 6.34. The van der Waals surface area contributed by atoms with Gasteiger partial charge >= 0.3 is 5.97 Å². The van der Waals surface area contributed by atoms with Crippen LogP contribution in [0.3, 0.4) is 0 Å². The summed E-state index contributed by atoms with van der Waals surface area (Å²) in [7, 11) is 0. The molecular weight excluding hydrogens is 401 g/mol. The summed E-state index contributed by atoms with van der Waals surface area (Å²) in [6, 6.07) is 11.2. The van der Waals surface area contributed by atoms with Crippen molar-refractivity contribution in [2.24, 2.45) is 0 Å². The maximum absolute atomic E-state index is 14.2. The van der Waals surface area contributed by atoms with E-state index in [-0.39, 0.29) is 11.3 Å². The number of fused-ring (bicyclic) bond motifs is 3. The molecule has 0 fully saturated rings. The van der Waals surface area contributed by atoms with Crippen LogP contribution in [0.1, 0.15) is 10.4 Å². The zero-order chi connectivity index (χ0) is 18.3. The quantitative estimate of drug-likeness (QED) is 0.457. The molecule has 2 N–H and O–H groups in total. The molecular formula is C19H11BrFN3O2. The highest BCUT2D eigenvalue weighted by Gasteiger charge is 2.13. The standard InChI is InChI=1S/C19H11BrFN3O2/c20-11-2-4-16(15(21)8-11)23-18-13-5-6-22-9-14(13)12-3-1-10(19(25)26)7-17(12)24-18/h1-9H,(H,23,24)(H,25,26). The number of carboxylic acid groups (broad SMARTS) is 1. The number of carboxylic acids is 1. The Bertz CT molecular complexity index is 1180. The fraction of sp³-hybridized carbons (Fsp3) is 0. The summed E-state index contributed by atoms with van der Waals surface area (Å²) in [6.45, 7) is 0. The monoisotopic (exact) mass is 411 g/mol. The lowest BCUT2D eigenvalue weighted by Gasteiger charge is -2.12. The summed E-state index contributed by atoms with van der Waals surface area (Å²) in [5, 5.41) is 14.6. The third-order valence-electron chi connectivity index (χ3n) is 4.03. The first-order chi connectivity index (χ1) is 12.5. The maximum atomic E-state index is 14.2. The second-order valence-electron chi connectivity index (χ2n) is 5.67. The minimum Gasteiger partial charge on any atom is -0.478 e. The Morgan fingerprint density at radius 2 is 1.92 bits per heavy atom. The molecule has 0 aliphatic carbocycles. The summed E-state index contributed by atoms with van der Waals surface area (Å²) >= 11 is 3.23. The molecule has 0 saturated carbocycles. The number of hydrogen-bond acceptors (Lipinski definition) is 4. The van der Waals surface area contributed by atoms with Crippen LogP contribution in [0.5, 0.6) is 0 Å². The molecule has 0 radical (unpaired) electrons. The molecule has 2 aromatic carbocycles. The van der Waals surface area contributed by atoms with E-state index in [4.69, 9.17) is 0 Å². The predicted molar refractivity (Wildman–Crippen MR) is 101 cm³/mol. The highest BCUT2D eigenvalue weighted by atomic mass is 79.9. The van der Waals surface area contributed by atoms with Crippen molar-refractivity contribution in [3.05, 3.63) is 70.7 Å². The van der Waals surface area contributed by atoms with Gasteiger partial charge in [0.15, 0.2) is 0 Å². The number of aromatic nitrogens is 2. The van der Waals surface area contributed by atoms with Crippen LogP contribution in [0.2, 0.25) is 0 Å². The maximum Gasteiger partial charge on any atom is 0.335 e. The van der Waals surface area contributed by atoms with Crippen LogP contribution in [0.4, 0.5) is 15.9 Å². The zero-order valence-corrected chi connectivity index (χ0v) is 14.8. The van der Waals surface area contributed by atoms with E-state index in [1.54, 1.807) is 36.7 Å². The highest BCUT2D eigenvalue weighted by Crippen LogP contribution is 2.32. The smallest absolute Gasteiger partial charge is 0.335 e. The molecule has 0 amide bonds. The first-order valence-corrected chi connectivity index (χ1v) is 8.45. The van der Waals surface area contributed by atoms with Gasteiger partial charge in [-0.3, -0.25) is 4.98 Å². The van der Waals surface area contributed by atoms with Crippen LogP contribution < -0.4 is 5.32 Å². The second-order valence-corrected chi connectivity index (χ2v) is 6.58. The molecule has 0 bridgehead atoms. The molecule has 2 aromatic heterocycles. The van der Waals surface area contributed by atoms with E-state index in [0.717, 1.165) is 16.2 Å². The van der Waals surface area contributed by atoms with Crippen molar-refractivity contribution in [2.75, 3.05) is 5.32 Å². The van der Waals surface area contributed by atoms with Gasteiger partial charge < -0.3 is 10.4 Å². The summed E-state index contributed by atoms with van der Waals surface area (Å²) in [6.07, 6.45) is 3.31. The molecule has 0 aliphatic heterocycles. The average molecular weight is 412 g/mol. The molecule has 5 nitrogen and oxygen atoms in total. The molecule has 26 heavy (non-hydrogen) atoms. The lowest BCUT2D eigenvalue weighted by molar-refractivity contribution is 0.0697. The van der Waals surface area contributed by atoms with Crippen LogP contribution in [0.15, 0.2) is 59.3 Å². The number of benzene rings is 2. The number of halogens is 2. The number of nitrogens with zero attached hydrogens (tertiary/aromatic N) is 2. The van der Waals surface area contributed by atoms with Gasteiger partial charge in [-0.2, -0.15) is 0 Å². The van der Waals surface area contributed by atoms with Gasteiger partial charge in [0.1, 0.15) is 11.6 Å². The summed E-state index contributed by atoms with van der Waals surface area (Å²) in [5.74, 6) is -1.03. The van der Waals surface area contributed by atoms with Crippen LogP contribution in [-0.2, 0) is 0 Å². The van der Waals surface area contributed by atoms with Gasteiger partial charge in [0.2, 0.25) is 0 Å². The summed E-state index contributed by atoms with van der Waals surface area (Å²) < 4.78 is 14.8. The van der Waals surface area contributed by atoms with Gasteiger partial charge in [-0.25, -0.2) is 14.2 Å². The fourth-order valence-electron chi connectivity index (χ4n) is 2.79. The van der Waals surface area contributed by atoms with Crippen molar-refractivity contribution in [1.82, 2.24) is 9.97 Å². The minimum absolute atomic E-state index is 0.133. The molecule has 0 saturated heterocycles. The Balaban J connectivity index is 1.95. The Morgan fingerprint density at radius 3 is 2.69 bits per heavy atom. The molecule has 0 atom stereocenters. The third-order valence-corrected chi connectivity index (χ3v) is 4.52. The zero-order valence-electron chi connectivity index (χ0n) is 13.2. The van der Waals surface area contributed by atoms with Gasteiger partial charge in [-0.05, 0) is 36.4 Å². The number of aromatic carboxylic acids is 1. The number of pyridine rings is 2. The molecule has 7 heteroatoms. The Labute approximate surface area is 155 Å². The number of carbonyl (C=O) groups is 1. The van der Waals surface area contributed by atoms with Crippen molar-refractivity contribution < 1.29 is 14.3 Å². The fourth-order valence-corrected chi connectivity index (χ4v) is 3.13. The van der Waals surface area contributed by atoms with Crippen LogP contribution in [0.25, 0.3) is 21.7 Å². The van der Waals surface area contributed by atoms with Gasteiger partial charge in [-0.1, -0.05) is 22.0 Å². The van der Waals surface area contributed by atoms with E-state index < -0.39 is 11.8 Å². The Hall–Kier alpha value is -3.06. The first-order valence-electron chi connectivity index (χ1n) is 7.66. The molecule has 4 rings (SSSR count). The summed E-state index contributed by atoms with van der Waals surface area (Å²) in [4.78, 5) is 19.9. The Kier molecular flexibility index (Phi) is 4.00. The molecule has 128 valence electrons. The van der Waals surface area contributed by atoms with Gasteiger partial charge in [0, 0.05) is 33.0 Å². The van der Waals surface area contributed by atoms with Gasteiger partial charge in [-0.15, -0.1) is 0 Å². The van der Waals surface area contributed by atoms with Crippen molar-refractivity contribution in [3.63, 3.8) is 0 Å². The van der Waals surface area contributed by atoms with Crippen molar-refractivity contribution >= 4 is 55.1 Å². The highest BCUT2D eigenvalue weighted by molar-refractivity contribution is 9.10. The predicted octanol–water partition coefficient (Wildman–Crippen LogP) is 5.13. The van der Waals surface area contributed by atoms with Crippen LogP contribution >= 0.6 is 15.9 Å². The number of anilines is 2. The van der Waals surface area contributed by atoms with Crippen molar-refractivity contribution in [1.29, 1.82) is 0 Å². The molecule has 0 spiro atoms. The third kappa shape index (κ3) is 2.86. The van der Waals surface area contributed by atoms with E-state index in [1.165, 1.54) is 18.2 Å². The Morgan fingerprint density at radius 1 is 1.08 bits per heavy atom. The topological polar surface area (TPSA) is 75.1 Å². The molecule has 0 unspecified atom stereocenters. The van der Waals surface area contributed by atoms with E-state index in [9.17, 15) is 14.3 Å². The number of rotatable bonds is 3. The lowest BCUT2D eigenvalue weighted by atomic mass is 10.1. The lowest BCUT2D eigenvalue weighted by Crippen LogP contribution is -2.00. The number of nitrogens with one attached hydrogen (secondary N) is 1. The van der Waals surface area contributed by atoms with E-state index in [2.05, 4.69) is 31.2 Å². The SMILES string of the molecule is O=C(O)c1ccc2c(c1)nc(Nc1ccc(Br)cc1F)c1ccncc12. The van der Waals surface area contributed by atoms with E-state index in [1.807, 2.05) is 0 Å². The summed E-state index contributed by atoms with van der Waals surface area (Å²) in [5.41, 5.74) is 0.895. The van der Waals surface area contributed by atoms with E-state index >= 15 is 0 Å². The molecule has 4 aromatic rings. The average Bonchev–Trinajstić information content (AvgIpc) is 2.63. The van der Waals surface area contributed by atoms with Crippen LogP contribution in [-0.4, -0.2) is 21.0 Å². The van der Waals surface area contributed by atoms with Crippen molar-refractivity contribution in [2.45, 2.75) is 0 Å². The minimum atomic E-state index is -1.03. The van der Waals surface area contributed by atoms with Crippen LogP contribution in [0, 0.1) is 5.82 Å². The number of hydrogen-bond donors (Lipinski definition) is 2. The van der Waals surface area contributed by atoms with Crippen molar-refractivity contribution in [3.8, 4) is 0 Å². The van der Waals surface area contributed by atoms with E-state index in [0.29, 0.717) is 15.8 Å². The first kappa shape index (κ1) is 16.4.